The first kappa shape index (κ1) is 13.8. The molecule has 5 heteroatoms. The Hall–Kier alpha value is -1.26. The number of carbonyl (C=O) groups excluding carboxylic acids is 1. The second kappa shape index (κ2) is 5.89. The first-order valence-corrected chi connectivity index (χ1v) is 5.51. The second-order valence-corrected chi connectivity index (χ2v) is 4.28. The van der Waals surface area contributed by atoms with E-state index >= 15 is 0 Å². The highest BCUT2D eigenvalue weighted by atomic mass is 35.5. The molecule has 4 nitrogen and oxygen atoms in total. The number of benzene rings is 1. The van der Waals surface area contributed by atoms with Crippen LogP contribution >= 0.6 is 12.4 Å². The molecule has 0 saturated heterocycles. The zero-order valence-electron chi connectivity index (χ0n) is 9.43. The van der Waals surface area contributed by atoms with Crippen molar-refractivity contribution in [1.29, 1.82) is 0 Å². The Morgan fingerprint density at radius 1 is 1.35 bits per heavy atom. The summed E-state index contributed by atoms with van der Waals surface area (Å²) in [5.41, 5.74) is 6.22. The predicted molar refractivity (Wildman–Crippen MR) is 69.3 cm³/mol. The number of aromatic hydroxyl groups is 1. The second-order valence-electron chi connectivity index (χ2n) is 4.28. The summed E-state index contributed by atoms with van der Waals surface area (Å²) < 4.78 is 0. The van der Waals surface area contributed by atoms with Gasteiger partial charge >= 0.3 is 0 Å². The molecule has 1 fully saturated rings. The Morgan fingerprint density at radius 2 is 2.06 bits per heavy atom. The number of hydrogen-bond donors (Lipinski definition) is 3. The number of rotatable bonds is 2. The molecule has 17 heavy (non-hydrogen) atoms. The van der Waals surface area contributed by atoms with Crippen molar-refractivity contribution in [2.24, 2.45) is 11.7 Å². The largest absolute Gasteiger partial charge is 0.506 e. The van der Waals surface area contributed by atoms with Gasteiger partial charge in [0.2, 0.25) is 5.91 Å². The molecular formula is C12H17ClN2O2. The van der Waals surface area contributed by atoms with Gasteiger partial charge in [0.25, 0.3) is 0 Å². The molecule has 1 saturated carbocycles. The third-order valence-corrected chi connectivity index (χ3v) is 3.01. The number of phenolic OH excluding ortho intramolecular Hbond substituents is 1. The fourth-order valence-corrected chi connectivity index (χ4v) is 2.07. The van der Waals surface area contributed by atoms with E-state index in [1.165, 1.54) is 0 Å². The molecule has 0 aromatic heterocycles. The minimum atomic E-state index is -0.0468. The first-order chi connectivity index (χ1) is 7.66. The normalized spacial score (nSPS) is 22.9. The summed E-state index contributed by atoms with van der Waals surface area (Å²) in [6.07, 6.45) is 2.47. The number of phenols is 1. The van der Waals surface area contributed by atoms with E-state index in [1.807, 2.05) is 0 Å². The first-order valence-electron chi connectivity index (χ1n) is 5.51. The zero-order chi connectivity index (χ0) is 11.5. The van der Waals surface area contributed by atoms with Crippen molar-refractivity contribution < 1.29 is 9.90 Å². The van der Waals surface area contributed by atoms with Gasteiger partial charge in [0, 0.05) is 12.0 Å². The van der Waals surface area contributed by atoms with Gasteiger partial charge in [-0.1, -0.05) is 12.1 Å². The molecule has 1 aromatic carbocycles. The molecule has 2 unspecified atom stereocenters. The smallest absolute Gasteiger partial charge is 0.227 e. The van der Waals surface area contributed by atoms with Crippen LogP contribution in [-0.4, -0.2) is 17.1 Å². The summed E-state index contributed by atoms with van der Waals surface area (Å²) in [6, 6.07) is 6.87. The molecule has 2 atom stereocenters. The topological polar surface area (TPSA) is 75.4 Å². The Morgan fingerprint density at radius 3 is 2.65 bits per heavy atom. The number of nitrogens with two attached hydrogens (primary N) is 1. The summed E-state index contributed by atoms with van der Waals surface area (Å²) in [5.74, 6) is 0.0298. The molecule has 1 aromatic rings. The average molecular weight is 257 g/mol. The Labute approximate surface area is 107 Å². The fraction of sp³-hybridized carbons (Fsp3) is 0.417. The highest BCUT2D eigenvalue weighted by molar-refractivity contribution is 5.94. The lowest BCUT2D eigenvalue weighted by molar-refractivity contribution is -0.119. The van der Waals surface area contributed by atoms with Crippen molar-refractivity contribution in [1.82, 2.24) is 0 Å². The molecule has 0 spiro atoms. The number of carbonyl (C=O) groups is 1. The molecule has 0 aliphatic heterocycles. The molecule has 1 amide bonds. The van der Waals surface area contributed by atoms with E-state index in [1.54, 1.807) is 24.3 Å². The number of para-hydroxylation sites is 2. The number of nitrogens with one attached hydrogen (secondary N) is 1. The number of halogens is 1. The predicted octanol–water partition coefficient (Wildman–Crippen LogP) is 1.88. The van der Waals surface area contributed by atoms with Crippen LogP contribution in [0.3, 0.4) is 0 Å². The summed E-state index contributed by atoms with van der Waals surface area (Å²) in [4.78, 5) is 11.8. The van der Waals surface area contributed by atoms with Gasteiger partial charge in [-0.05, 0) is 31.4 Å². The van der Waals surface area contributed by atoms with Crippen LogP contribution in [0.1, 0.15) is 19.3 Å². The molecular weight excluding hydrogens is 240 g/mol. The average Bonchev–Trinajstić information content (AvgIpc) is 2.68. The summed E-state index contributed by atoms with van der Waals surface area (Å²) >= 11 is 0. The van der Waals surface area contributed by atoms with Crippen LogP contribution in [-0.2, 0) is 4.79 Å². The maximum Gasteiger partial charge on any atom is 0.227 e. The van der Waals surface area contributed by atoms with E-state index in [4.69, 9.17) is 5.73 Å². The van der Waals surface area contributed by atoms with Crippen LogP contribution in [0.25, 0.3) is 0 Å². The number of hydrogen-bond acceptors (Lipinski definition) is 3. The summed E-state index contributed by atoms with van der Waals surface area (Å²) in [7, 11) is 0. The standard InChI is InChI=1S/C12H16N2O2.ClH/c13-9-6-5-8(7-9)12(16)14-10-3-1-2-4-11(10)15;/h1-4,8-9,15H,5-7,13H2,(H,14,16);1H. The van der Waals surface area contributed by atoms with Crippen LogP contribution in [0.4, 0.5) is 5.69 Å². The Kier molecular flexibility index (Phi) is 4.78. The SMILES string of the molecule is Cl.NC1CCC(C(=O)Nc2ccccc2O)C1. The number of anilines is 1. The maximum atomic E-state index is 11.8. The molecule has 0 bridgehead atoms. The van der Waals surface area contributed by atoms with Crippen LogP contribution in [0.2, 0.25) is 0 Å². The van der Waals surface area contributed by atoms with Gasteiger partial charge < -0.3 is 16.2 Å². The van der Waals surface area contributed by atoms with Crippen molar-refractivity contribution in [2.75, 3.05) is 5.32 Å². The van der Waals surface area contributed by atoms with Gasteiger partial charge in [-0.25, -0.2) is 0 Å². The minimum absolute atomic E-state index is 0. The van der Waals surface area contributed by atoms with Gasteiger partial charge in [0.05, 0.1) is 5.69 Å². The minimum Gasteiger partial charge on any atom is -0.506 e. The van der Waals surface area contributed by atoms with Crippen molar-refractivity contribution in [3.63, 3.8) is 0 Å². The van der Waals surface area contributed by atoms with E-state index in [0.717, 1.165) is 19.3 Å². The highest BCUT2D eigenvalue weighted by Gasteiger charge is 2.27. The summed E-state index contributed by atoms with van der Waals surface area (Å²) in [6.45, 7) is 0. The molecule has 4 N–H and O–H groups in total. The molecule has 94 valence electrons. The molecule has 1 aliphatic carbocycles. The van der Waals surface area contributed by atoms with Gasteiger partial charge in [-0.15, -0.1) is 12.4 Å². The summed E-state index contributed by atoms with van der Waals surface area (Å²) in [5, 5.41) is 12.2. The van der Waals surface area contributed by atoms with Crippen LogP contribution in [0.15, 0.2) is 24.3 Å². The Balaban J connectivity index is 0.00000144. The van der Waals surface area contributed by atoms with E-state index in [2.05, 4.69) is 5.32 Å². The monoisotopic (exact) mass is 256 g/mol. The van der Waals surface area contributed by atoms with Gasteiger partial charge in [-0.2, -0.15) is 0 Å². The van der Waals surface area contributed by atoms with Gasteiger partial charge in [0.1, 0.15) is 5.75 Å². The van der Waals surface area contributed by atoms with E-state index in [9.17, 15) is 9.90 Å². The van der Waals surface area contributed by atoms with Crippen molar-refractivity contribution >= 4 is 24.0 Å². The maximum absolute atomic E-state index is 11.8. The van der Waals surface area contributed by atoms with Gasteiger partial charge in [-0.3, -0.25) is 4.79 Å². The van der Waals surface area contributed by atoms with Crippen molar-refractivity contribution in [2.45, 2.75) is 25.3 Å². The zero-order valence-corrected chi connectivity index (χ0v) is 10.2. The lowest BCUT2D eigenvalue weighted by Crippen LogP contribution is -2.23. The van der Waals surface area contributed by atoms with Crippen LogP contribution in [0.5, 0.6) is 5.75 Å². The molecule has 0 radical (unpaired) electrons. The molecule has 2 rings (SSSR count). The quantitative estimate of drug-likeness (QED) is 0.707. The van der Waals surface area contributed by atoms with Crippen molar-refractivity contribution in [3.05, 3.63) is 24.3 Å². The van der Waals surface area contributed by atoms with E-state index in [-0.39, 0.29) is 36.0 Å². The fourth-order valence-electron chi connectivity index (χ4n) is 2.07. The third-order valence-electron chi connectivity index (χ3n) is 3.01. The third kappa shape index (κ3) is 3.35. The lowest BCUT2D eigenvalue weighted by atomic mass is 10.1. The number of amides is 1. The Bertz CT molecular complexity index is 398. The van der Waals surface area contributed by atoms with Crippen molar-refractivity contribution in [3.8, 4) is 5.75 Å². The van der Waals surface area contributed by atoms with Crippen LogP contribution in [0, 0.1) is 5.92 Å². The highest BCUT2D eigenvalue weighted by Crippen LogP contribution is 2.27. The van der Waals surface area contributed by atoms with E-state index < -0.39 is 0 Å². The lowest BCUT2D eigenvalue weighted by Gasteiger charge is -2.11. The molecule has 0 heterocycles. The van der Waals surface area contributed by atoms with Gasteiger partial charge in [0.15, 0.2) is 0 Å². The van der Waals surface area contributed by atoms with E-state index in [0.29, 0.717) is 5.69 Å². The van der Waals surface area contributed by atoms with Crippen LogP contribution < -0.4 is 11.1 Å². The molecule has 1 aliphatic rings.